The summed E-state index contributed by atoms with van der Waals surface area (Å²) in [6.45, 7) is 1.97. The molecule has 0 saturated heterocycles. The summed E-state index contributed by atoms with van der Waals surface area (Å²) in [6, 6.07) is 17.8. The van der Waals surface area contributed by atoms with Crippen molar-refractivity contribution < 1.29 is 4.79 Å². The summed E-state index contributed by atoms with van der Waals surface area (Å²) in [5, 5.41) is 3.79. The van der Waals surface area contributed by atoms with Crippen molar-refractivity contribution in [2.75, 3.05) is 0 Å². The molecule has 3 nitrogen and oxygen atoms in total. The fourth-order valence-electron chi connectivity index (χ4n) is 2.19. The number of amides is 1. The molecule has 0 aliphatic rings. The summed E-state index contributed by atoms with van der Waals surface area (Å²) in [4.78, 5) is 16.5. The predicted molar refractivity (Wildman–Crippen MR) is 91.7 cm³/mol. The van der Waals surface area contributed by atoms with Crippen molar-refractivity contribution in [1.82, 2.24) is 10.3 Å². The van der Waals surface area contributed by atoms with Gasteiger partial charge in [0.1, 0.15) is 5.01 Å². The second kappa shape index (κ2) is 6.54. The maximum Gasteiger partial charge on any atom is 0.244 e. The van der Waals surface area contributed by atoms with Crippen LogP contribution in [0, 0.1) is 0 Å². The van der Waals surface area contributed by atoms with Crippen LogP contribution in [-0.2, 0) is 4.79 Å². The summed E-state index contributed by atoms with van der Waals surface area (Å²) in [6.07, 6.45) is 3.30. The lowest BCUT2D eigenvalue weighted by Crippen LogP contribution is -2.24. The number of nitrogens with one attached hydrogen (secondary N) is 1. The van der Waals surface area contributed by atoms with Crippen LogP contribution in [0.2, 0.25) is 0 Å². The fourth-order valence-corrected chi connectivity index (χ4v) is 3.07. The van der Waals surface area contributed by atoms with Gasteiger partial charge in [-0.05, 0) is 30.7 Å². The van der Waals surface area contributed by atoms with Gasteiger partial charge < -0.3 is 5.32 Å². The van der Waals surface area contributed by atoms with Crippen LogP contribution in [-0.4, -0.2) is 10.9 Å². The molecular formula is C18H16N2OS. The molecule has 1 atom stereocenters. The van der Waals surface area contributed by atoms with Crippen molar-refractivity contribution in [1.29, 1.82) is 0 Å². The van der Waals surface area contributed by atoms with E-state index in [-0.39, 0.29) is 11.9 Å². The number of para-hydroxylation sites is 1. The number of thiazole rings is 1. The van der Waals surface area contributed by atoms with E-state index >= 15 is 0 Å². The summed E-state index contributed by atoms with van der Waals surface area (Å²) in [5.41, 5.74) is 2.05. The van der Waals surface area contributed by atoms with Gasteiger partial charge in [0.15, 0.2) is 0 Å². The molecule has 1 heterocycles. The molecule has 0 radical (unpaired) electrons. The number of hydrogen-bond acceptors (Lipinski definition) is 3. The third kappa shape index (κ3) is 3.40. The Hall–Kier alpha value is -2.46. The zero-order valence-corrected chi connectivity index (χ0v) is 13.0. The van der Waals surface area contributed by atoms with E-state index in [1.807, 2.05) is 61.5 Å². The molecule has 1 N–H and O–H groups in total. The van der Waals surface area contributed by atoms with Crippen molar-refractivity contribution in [3.05, 3.63) is 71.2 Å². The molecule has 0 aliphatic heterocycles. The Kier molecular flexibility index (Phi) is 4.30. The van der Waals surface area contributed by atoms with E-state index < -0.39 is 0 Å². The van der Waals surface area contributed by atoms with E-state index in [9.17, 15) is 4.79 Å². The highest BCUT2D eigenvalue weighted by Crippen LogP contribution is 2.22. The van der Waals surface area contributed by atoms with Gasteiger partial charge in [0, 0.05) is 6.08 Å². The molecular weight excluding hydrogens is 292 g/mol. The minimum atomic E-state index is -0.115. The largest absolute Gasteiger partial charge is 0.346 e. The van der Waals surface area contributed by atoms with Crippen molar-refractivity contribution in [3.63, 3.8) is 0 Å². The zero-order valence-electron chi connectivity index (χ0n) is 12.2. The average Bonchev–Trinajstić information content (AvgIpc) is 2.96. The molecule has 1 amide bonds. The van der Waals surface area contributed by atoms with E-state index in [2.05, 4.69) is 10.3 Å². The third-order valence-electron chi connectivity index (χ3n) is 3.35. The topological polar surface area (TPSA) is 42.0 Å². The molecule has 1 aromatic heterocycles. The Morgan fingerprint density at radius 2 is 1.86 bits per heavy atom. The van der Waals surface area contributed by atoms with Gasteiger partial charge in [-0.3, -0.25) is 4.79 Å². The Morgan fingerprint density at radius 1 is 1.14 bits per heavy atom. The smallest absolute Gasteiger partial charge is 0.244 e. The molecule has 3 rings (SSSR count). The minimum absolute atomic E-state index is 0.0197. The van der Waals surface area contributed by atoms with E-state index in [0.717, 1.165) is 20.8 Å². The molecule has 4 heteroatoms. The zero-order chi connectivity index (χ0) is 15.4. The monoisotopic (exact) mass is 308 g/mol. The Bertz CT molecular complexity index is 775. The second-order valence-electron chi connectivity index (χ2n) is 4.99. The van der Waals surface area contributed by atoms with Crippen molar-refractivity contribution in [3.8, 4) is 0 Å². The summed E-state index contributed by atoms with van der Waals surface area (Å²) < 4.78 is 1.13. The fraction of sp³-hybridized carbons (Fsp3) is 0.111. The minimum Gasteiger partial charge on any atom is -0.346 e. The summed E-state index contributed by atoms with van der Waals surface area (Å²) >= 11 is 1.58. The van der Waals surface area contributed by atoms with E-state index in [0.29, 0.717) is 0 Å². The van der Waals surface area contributed by atoms with E-state index in [1.54, 1.807) is 17.4 Å². The molecule has 0 fully saturated rings. The molecule has 22 heavy (non-hydrogen) atoms. The van der Waals surface area contributed by atoms with Gasteiger partial charge in [0.2, 0.25) is 5.91 Å². The first-order chi connectivity index (χ1) is 10.7. The third-order valence-corrected chi connectivity index (χ3v) is 4.35. The Labute approximate surface area is 133 Å². The van der Waals surface area contributed by atoms with Crippen LogP contribution in [0.1, 0.15) is 23.5 Å². The Balaban J connectivity index is 1.66. The van der Waals surface area contributed by atoms with E-state index in [1.165, 1.54) is 6.08 Å². The molecule has 0 saturated carbocycles. The van der Waals surface area contributed by atoms with Gasteiger partial charge in [-0.1, -0.05) is 42.5 Å². The second-order valence-corrected chi connectivity index (χ2v) is 6.06. The number of carbonyl (C=O) groups is 1. The summed E-state index contributed by atoms with van der Waals surface area (Å²) in [5.74, 6) is -0.115. The lowest BCUT2D eigenvalue weighted by Gasteiger charge is -2.12. The first kappa shape index (κ1) is 14.5. The first-order valence-electron chi connectivity index (χ1n) is 7.11. The molecule has 0 spiro atoms. The van der Waals surface area contributed by atoms with Crippen LogP contribution in [0.3, 0.4) is 0 Å². The van der Waals surface area contributed by atoms with Crippen molar-refractivity contribution in [2.24, 2.45) is 0 Å². The van der Waals surface area contributed by atoms with Gasteiger partial charge in [-0.2, -0.15) is 0 Å². The molecule has 110 valence electrons. The number of hydrogen-bond donors (Lipinski definition) is 1. The quantitative estimate of drug-likeness (QED) is 0.734. The normalized spacial score (nSPS) is 12.6. The maximum atomic E-state index is 12.0. The SMILES string of the molecule is CC(NC(=O)/C=C/c1nc2ccccc2s1)c1ccccc1. The number of benzene rings is 2. The van der Waals surface area contributed by atoms with Crippen LogP contribution in [0.15, 0.2) is 60.7 Å². The molecule has 3 aromatic rings. The first-order valence-corrected chi connectivity index (χ1v) is 7.93. The van der Waals surface area contributed by atoms with Crippen molar-refractivity contribution in [2.45, 2.75) is 13.0 Å². The number of rotatable bonds is 4. The highest BCUT2D eigenvalue weighted by Gasteiger charge is 2.07. The van der Waals surface area contributed by atoms with Crippen molar-refractivity contribution >= 4 is 33.5 Å². The number of carbonyl (C=O) groups excluding carboxylic acids is 1. The lowest BCUT2D eigenvalue weighted by atomic mass is 10.1. The molecule has 2 aromatic carbocycles. The van der Waals surface area contributed by atoms with Gasteiger partial charge in [0.05, 0.1) is 16.3 Å². The standard InChI is InChI=1S/C18H16N2OS/c1-13(14-7-3-2-4-8-14)19-17(21)11-12-18-20-15-9-5-6-10-16(15)22-18/h2-13H,1H3,(H,19,21)/b12-11+. The van der Waals surface area contributed by atoms with Crippen LogP contribution in [0.25, 0.3) is 16.3 Å². The predicted octanol–water partition coefficient (Wildman–Crippen LogP) is 4.19. The van der Waals surface area contributed by atoms with Crippen LogP contribution in [0.4, 0.5) is 0 Å². The summed E-state index contributed by atoms with van der Waals surface area (Å²) in [7, 11) is 0. The number of aromatic nitrogens is 1. The van der Waals surface area contributed by atoms with Crippen LogP contribution in [0.5, 0.6) is 0 Å². The number of nitrogens with zero attached hydrogens (tertiary/aromatic N) is 1. The molecule has 0 aliphatic carbocycles. The number of fused-ring (bicyclic) bond motifs is 1. The molecule has 0 bridgehead atoms. The van der Waals surface area contributed by atoms with E-state index in [4.69, 9.17) is 0 Å². The van der Waals surface area contributed by atoms with Crippen LogP contribution < -0.4 is 5.32 Å². The highest BCUT2D eigenvalue weighted by molar-refractivity contribution is 7.19. The van der Waals surface area contributed by atoms with Gasteiger partial charge in [-0.25, -0.2) is 4.98 Å². The van der Waals surface area contributed by atoms with Gasteiger partial charge >= 0.3 is 0 Å². The molecule has 1 unspecified atom stereocenters. The Morgan fingerprint density at radius 3 is 2.64 bits per heavy atom. The van der Waals surface area contributed by atoms with Gasteiger partial charge in [-0.15, -0.1) is 11.3 Å². The lowest BCUT2D eigenvalue weighted by molar-refractivity contribution is -0.117. The average molecular weight is 308 g/mol. The highest BCUT2D eigenvalue weighted by atomic mass is 32.1. The maximum absolute atomic E-state index is 12.0. The van der Waals surface area contributed by atoms with Gasteiger partial charge in [0.25, 0.3) is 0 Å². The van der Waals surface area contributed by atoms with Crippen LogP contribution >= 0.6 is 11.3 Å².